The zero-order valence-corrected chi connectivity index (χ0v) is 15.2. The van der Waals surface area contributed by atoms with Crippen molar-refractivity contribution >= 4 is 50.6 Å². The summed E-state index contributed by atoms with van der Waals surface area (Å²) in [6.45, 7) is 3.89. The van der Waals surface area contributed by atoms with Gasteiger partial charge >= 0.3 is 11.9 Å². The molecule has 0 amide bonds. The Morgan fingerprint density at radius 3 is 2.44 bits per heavy atom. The molecule has 0 saturated carbocycles. The molecule has 0 aliphatic carbocycles. The molecular weight excluding hydrogens is 362 g/mol. The third-order valence-electron chi connectivity index (χ3n) is 3.40. The lowest BCUT2D eigenvalue weighted by molar-refractivity contribution is 0.0514. The molecule has 8 heteroatoms. The minimum absolute atomic E-state index is 0.108. The van der Waals surface area contributed by atoms with Crippen LogP contribution in [0.25, 0.3) is 10.2 Å². The zero-order valence-electron chi connectivity index (χ0n) is 13.6. The Hall–Kier alpha value is -2.45. The highest BCUT2D eigenvalue weighted by Crippen LogP contribution is 2.34. The number of esters is 2. The maximum Gasteiger partial charge on any atom is 0.355 e. The SMILES string of the molecule is CCOC(=O)c1cc2[nH]c(C(=O)OCC)c(C(=O)c3cccs3)c2s1. The molecule has 25 heavy (non-hydrogen) atoms. The number of nitrogens with one attached hydrogen (secondary N) is 1. The van der Waals surface area contributed by atoms with Crippen molar-refractivity contribution in [1.82, 2.24) is 4.98 Å². The second-order valence-electron chi connectivity index (χ2n) is 4.98. The van der Waals surface area contributed by atoms with Crippen LogP contribution in [0.1, 0.15) is 49.2 Å². The van der Waals surface area contributed by atoms with Gasteiger partial charge in [0.1, 0.15) is 10.6 Å². The molecule has 0 unspecified atom stereocenters. The maximum absolute atomic E-state index is 12.9. The summed E-state index contributed by atoms with van der Waals surface area (Å²) in [6.07, 6.45) is 0. The number of fused-ring (bicyclic) bond motifs is 1. The number of rotatable bonds is 6. The summed E-state index contributed by atoms with van der Waals surface area (Å²) >= 11 is 2.41. The molecule has 1 N–H and O–H groups in total. The largest absolute Gasteiger partial charge is 0.462 e. The third-order valence-corrected chi connectivity index (χ3v) is 5.40. The van der Waals surface area contributed by atoms with Gasteiger partial charge in [0.05, 0.1) is 33.9 Å². The van der Waals surface area contributed by atoms with Gasteiger partial charge in [-0.3, -0.25) is 4.79 Å². The number of hydrogen-bond donors (Lipinski definition) is 1. The van der Waals surface area contributed by atoms with Gasteiger partial charge in [0.15, 0.2) is 0 Å². The van der Waals surface area contributed by atoms with E-state index in [-0.39, 0.29) is 30.3 Å². The number of ether oxygens (including phenoxy) is 2. The number of carbonyl (C=O) groups is 3. The molecule has 3 aromatic rings. The second-order valence-corrected chi connectivity index (χ2v) is 6.98. The molecule has 0 aliphatic heterocycles. The molecular formula is C17H15NO5S2. The molecule has 6 nitrogen and oxygen atoms in total. The number of aromatic nitrogens is 1. The fourth-order valence-electron chi connectivity index (χ4n) is 2.39. The first-order valence-corrected chi connectivity index (χ1v) is 9.34. The van der Waals surface area contributed by atoms with E-state index in [4.69, 9.17) is 9.47 Å². The van der Waals surface area contributed by atoms with Crippen molar-refractivity contribution in [3.05, 3.63) is 44.6 Å². The van der Waals surface area contributed by atoms with Gasteiger partial charge < -0.3 is 14.5 Å². The van der Waals surface area contributed by atoms with Crippen molar-refractivity contribution in [2.24, 2.45) is 0 Å². The van der Waals surface area contributed by atoms with Gasteiger partial charge in [-0.2, -0.15) is 0 Å². The monoisotopic (exact) mass is 377 g/mol. The first kappa shape index (κ1) is 17.4. The van der Waals surface area contributed by atoms with E-state index in [1.165, 1.54) is 11.3 Å². The van der Waals surface area contributed by atoms with Crippen LogP contribution in [-0.2, 0) is 9.47 Å². The number of aromatic amines is 1. The molecule has 0 spiro atoms. The van der Waals surface area contributed by atoms with E-state index in [0.717, 1.165) is 11.3 Å². The van der Waals surface area contributed by atoms with Crippen molar-refractivity contribution < 1.29 is 23.9 Å². The fraction of sp³-hybridized carbons (Fsp3) is 0.235. The predicted octanol–water partition coefficient (Wildman–Crippen LogP) is 3.88. The lowest BCUT2D eigenvalue weighted by Crippen LogP contribution is -2.11. The quantitative estimate of drug-likeness (QED) is 0.520. The van der Waals surface area contributed by atoms with Crippen molar-refractivity contribution in [1.29, 1.82) is 0 Å². The molecule has 0 aromatic carbocycles. The predicted molar refractivity (Wildman–Crippen MR) is 95.8 cm³/mol. The summed E-state index contributed by atoms with van der Waals surface area (Å²) in [5, 5.41) is 1.79. The Kier molecular flexibility index (Phi) is 5.00. The average molecular weight is 377 g/mol. The van der Waals surface area contributed by atoms with Crippen LogP contribution in [0, 0.1) is 0 Å². The van der Waals surface area contributed by atoms with Gasteiger partial charge in [-0.05, 0) is 31.4 Å². The molecule has 0 bridgehead atoms. The summed E-state index contributed by atoms with van der Waals surface area (Å²) in [5.41, 5.74) is 0.879. The smallest absolute Gasteiger partial charge is 0.355 e. The standard InChI is InChI=1S/C17H15NO5S2/c1-3-22-16(20)11-8-9-15(25-11)12(13(18-9)17(21)23-4-2)14(19)10-6-5-7-24-10/h5-8,18H,3-4H2,1-2H3. The highest BCUT2D eigenvalue weighted by atomic mass is 32.1. The van der Waals surface area contributed by atoms with Crippen LogP contribution in [0.3, 0.4) is 0 Å². The van der Waals surface area contributed by atoms with Crippen LogP contribution in [-0.4, -0.2) is 35.9 Å². The minimum Gasteiger partial charge on any atom is -0.462 e. The summed E-state index contributed by atoms with van der Waals surface area (Å²) in [6, 6.07) is 5.05. The zero-order chi connectivity index (χ0) is 18.0. The number of thiophene rings is 2. The van der Waals surface area contributed by atoms with E-state index in [0.29, 0.717) is 20.0 Å². The number of hydrogen-bond acceptors (Lipinski definition) is 7. The Morgan fingerprint density at radius 1 is 1.08 bits per heavy atom. The molecule has 0 fully saturated rings. The Morgan fingerprint density at radius 2 is 1.80 bits per heavy atom. The topological polar surface area (TPSA) is 85.5 Å². The van der Waals surface area contributed by atoms with E-state index in [2.05, 4.69) is 4.98 Å². The van der Waals surface area contributed by atoms with E-state index in [1.54, 1.807) is 37.4 Å². The molecule has 3 aromatic heterocycles. The highest BCUT2D eigenvalue weighted by Gasteiger charge is 2.28. The van der Waals surface area contributed by atoms with Crippen molar-refractivity contribution in [2.75, 3.05) is 13.2 Å². The van der Waals surface area contributed by atoms with Crippen LogP contribution in [0.15, 0.2) is 23.6 Å². The molecule has 0 aliphatic rings. The van der Waals surface area contributed by atoms with E-state index < -0.39 is 11.9 Å². The fourth-order valence-corrected chi connectivity index (χ4v) is 4.11. The van der Waals surface area contributed by atoms with Gasteiger partial charge in [0.25, 0.3) is 0 Å². The van der Waals surface area contributed by atoms with Crippen molar-refractivity contribution in [2.45, 2.75) is 13.8 Å². The van der Waals surface area contributed by atoms with Crippen molar-refractivity contribution in [3.8, 4) is 0 Å². The van der Waals surface area contributed by atoms with Gasteiger partial charge in [-0.25, -0.2) is 9.59 Å². The Labute approximate surface area is 151 Å². The highest BCUT2D eigenvalue weighted by molar-refractivity contribution is 7.21. The van der Waals surface area contributed by atoms with E-state index in [1.807, 2.05) is 0 Å². The minimum atomic E-state index is -0.594. The van der Waals surface area contributed by atoms with Crippen LogP contribution >= 0.6 is 22.7 Å². The van der Waals surface area contributed by atoms with Crippen LogP contribution in [0.5, 0.6) is 0 Å². The lowest BCUT2D eigenvalue weighted by atomic mass is 10.1. The normalized spacial score (nSPS) is 10.8. The molecule has 0 radical (unpaired) electrons. The summed E-state index contributed by atoms with van der Waals surface area (Å²) in [5.74, 6) is -1.32. The van der Waals surface area contributed by atoms with E-state index >= 15 is 0 Å². The first-order valence-electron chi connectivity index (χ1n) is 7.64. The van der Waals surface area contributed by atoms with E-state index in [9.17, 15) is 14.4 Å². The molecule has 0 saturated heterocycles. The molecule has 3 rings (SSSR count). The third kappa shape index (κ3) is 3.22. The van der Waals surface area contributed by atoms with Gasteiger partial charge in [0.2, 0.25) is 5.78 Å². The summed E-state index contributed by atoms with van der Waals surface area (Å²) in [7, 11) is 0. The van der Waals surface area contributed by atoms with Crippen LogP contribution in [0.4, 0.5) is 0 Å². The summed E-state index contributed by atoms with van der Waals surface area (Å²) < 4.78 is 10.6. The van der Waals surface area contributed by atoms with Gasteiger partial charge in [0, 0.05) is 0 Å². The summed E-state index contributed by atoms with van der Waals surface area (Å²) in [4.78, 5) is 40.9. The lowest BCUT2D eigenvalue weighted by Gasteiger charge is -2.03. The second kappa shape index (κ2) is 7.20. The molecule has 130 valence electrons. The average Bonchev–Trinajstić information content (AvgIpc) is 3.30. The first-order chi connectivity index (χ1) is 12.1. The molecule has 0 atom stereocenters. The number of ketones is 1. The Bertz CT molecular complexity index is 936. The van der Waals surface area contributed by atoms with Crippen molar-refractivity contribution in [3.63, 3.8) is 0 Å². The van der Waals surface area contributed by atoms with Gasteiger partial charge in [-0.1, -0.05) is 6.07 Å². The van der Waals surface area contributed by atoms with Crippen LogP contribution < -0.4 is 0 Å². The van der Waals surface area contributed by atoms with Crippen LogP contribution in [0.2, 0.25) is 0 Å². The molecule has 3 heterocycles. The maximum atomic E-state index is 12.9. The number of carbonyl (C=O) groups excluding carboxylic acids is 3. The number of H-pyrrole nitrogens is 1. The van der Waals surface area contributed by atoms with Gasteiger partial charge in [-0.15, -0.1) is 22.7 Å². The Balaban J connectivity index is 2.14.